The molecule has 0 saturated carbocycles. The minimum absolute atomic E-state index is 0.274. The van der Waals surface area contributed by atoms with Crippen LogP contribution in [0.3, 0.4) is 0 Å². The Morgan fingerprint density at radius 2 is 2.00 bits per heavy atom. The molecule has 0 unspecified atom stereocenters. The molecule has 0 aliphatic carbocycles. The van der Waals surface area contributed by atoms with Crippen molar-refractivity contribution in [3.8, 4) is 0 Å². The van der Waals surface area contributed by atoms with Crippen LogP contribution in [0, 0.1) is 0 Å². The molecule has 3 nitrogen and oxygen atoms in total. The van der Waals surface area contributed by atoms with E-state index in [2.05, 4.69) is 26.1 Å². The van der Waals surface area contributed by atoms with E-state index in [4.69, 9.17) is 0 Å². The molecule has 0 aliphatic rings. The molecule has 1 heterocycles. The molecule has 80 valence electrons. The van der Waals surface area contributed by atoms with Crippen LogP contribution in [0.25, 0.3) is 0 Å². The van der Waals surface area contributed by atoms with Gasteiger partial charge >= 0.3 is 6.18 Å². The minimum Gasteiger partial charge on any atom is -0.307 e. The van der Waals surface area contributed by atoms with Gasteiger partial charge in [-0.05, 0) is 6.42 Å². The van der Waals surface area contributed by atoms with Gasteiger partial charge in [-0.25, -0.2) is 0 Å². The van der Waals surface area contributed by atoms with Crippen molar-refractivity contribution >= 4 is 15.9 Å². The topological polar surface area (TPSA) is 30.7 Å². The maximum atomic E-state index is 12.4. The van der Waals surface area contributed by atoms with Gasteiger partial charge < -0.3 is 4.57 Å². The smallest absolute Gasteiger partial charge is 0.307 e. The van der Waals surface area contributed by atoms with Crippen molar-refractivity contribution in [1.82, 2.24) is 14.8 Å². The van der Waals surface area contributed by atoms with E-state index in [1.54, 1.807) is 6.92 Å². The second-order valence-electron chi connectivity index (χ2n) is 2.72. The highest BCUT2D eigenvalue weighted by atomic mass is 79.9. The van der Waals surface area contributed by atoms with Crippen LogP contribution in [0.2, 0.25) is 0 Å². The van der Waals surface area contributed by atoms with Gasteiger partial charge in [-0.15, -0.1) is 10.2 Å². The zero-order valence-corrected chi connectivity index (χ0v) is 9.06. The van der Waals surface area contributed by atoms with Gasteiger partial charge in [0, 0.05) is 6.54 Å². The van der Waals surface area contributed by atoms with E-state index in [1.165, 1.54) is 0 Å². The summed E-state index contributed by atoms with van der Waals surface area (Å²) in [7, 11) is 0. The lowest BCUT2D eigenvalue weighted by Gasteiger charge is -2.09. The first kappa shape index (κ1) is 11.5. The third-order valence-corrected chi connectivity index (χ3v) is 2.15. The van der Waals surface area contributed by atoms with Crippen molar-refractivity contribution in [1.29, 1.82) is 0 Å². The fraction of sp³-hybridized carbons (Fsp3) is 0.714. The number of nitrogens with zero attached hydrogens (tertiary/aromatic N) is 3. The summed E-state index contributed by atoms with van der Waals surface area (Å²) in [4.78, 5) is 0. The van der Waals surface area contributed by atoms with Crippen molar-refractivity contribution in [2.24, 2.45) is 0 Å². The van der Waals surface area contributed by atoms with Crippen LogP contribution in [0.5, 0.6) is 0 Å². The molecule has 1 aromatic rings. The molecule has 14 heavy (non-hydrogen) atoms. The van der Waals surface area contributed by atoms with Crippen molar-refractivity contribution in [3.63, 3.8) is 0 Å². The number of halogens is 4. The van der Waals surface area contributed by atoms with Gasteiger partial charge in [0.1, 0.15) is 5.82 Å². The maximum Gasteiger partial charge on any atom is 0.451 e. The van der Waals surface area contributed by atoms with Gasteiger partial charge in [0.15, 0.2) is 0 Å². The summed E-state index contributed by atoms with van der Waals surface area (Å²) in [6.45, 7) is 2.08. The Morgan fingerprint density at radius 3 is 2.43 bits per heavy atom. The highest BCUT2D eigenvalue weighted by molar-refractivity contribution is 9.08. The molecule has 0 spiro atoms. The molecule has 0 aliphatic heterocycles. The number of rotatable bonds is 3. The minimum atomic E-state index is -4.43. The summed E-state index contributed by atoms with van der Waals surface area (Å²) in [5, 5.41) is 6.87. The maximum absolute atomic E-state index is 12.4. The van der Waals surface area contributed by atoms with Gasteiger partial charge in [-0.1, -0.05) is 22.9 Å². The first-order valence-electron chi connectivity index (χ1n) is 4.06. The number of aromatic nitrogens is 3. The summed E-state index contributed by atoms with van der Waals surface area (Å²) in [5.41, 5.74) is 0. The predicted octanol–water partition coefficient (Wildman–Crippen LogP) is 2.60. The summed E-state index contributed by atoms with van der Waals surface area (Å²) >= 11 is 3.07. The summed E-state index contributed by atoms with van der Waals surface area (Å²) in [6, 6.07) is 0. The molecular formula is C7H9BrF3N3. The lowest BCUT2D eigenvalue weighted by atomic mass is 10.4. The summed E-state index contributed by atoms with van der Waals surface area (Å²) in [6.07, 6.45) is -3.82. The van der Waals surface area contributed by atoms with Gasteiger partial charge in [0.2, 0.25) is 5.82 Å². The van der Waals surface area contributed by atoms with Crippen molar-refractivity contribution in [2.75, 3.05) is 0 Å². The zero-order valence-electron chi connectivity index (χ0n) is 7.47. The molecular weight excluding hydrogens is 263 g/mol. The quantitative estimate of drug-likeness (QED) is 0.792. The van der Waals surface area contributed by atoms with Crippen molar-refractivity contribution < 1.29 is 13.2 Å². The standard InChI is InChI=1S/C7H9BrF3N3/c1-2-3-14-5(4-8)12-13-6(14)7(9,10)11/h2-4H2,1H3. The monoisotopic (exact) mass is 271 g/mol. The Morgan fingerprint density at radius 1 is 1.36 bits per heavy atom. The average molecular weight is 272 g/mol. The SMILES string of the molecule is CCCn1c(CBr)nnc1C(F)(F)F. The van der Waals surface area contributed by atoms with E-state index >= 15 is 0 Å². The molecule has 0 fully saturated rings. The molecule has 0 aromatic carbocycles. The van der Waals surface area contributed by atoms with Crippen molar-refractivity contribution in [3.05, 3.63) is 11.6 Å². The van der Waals surface area contributed by atoms with Gasteiger partial charge in [-0.2, -0.15) is 13.2 Å². The Balaban J connectivity index is 3.10. The second kappa shape index (κ2) is 4.29. The molecule has 7 heteroatoms. The third-order valence-electron chi connectivity index (χ3n) is 1.65. The lowest BCUT2D eigenvalue weighted by molar-refractivity contribution is -0.147. The van der Waals surface area contributed by atoms with E-state index in [9.17, 15) is 13.2 Å². The zero-order chi connectivity index (χ0) is 10.8. The van der Waals surface area contributed by atoms with E-state index in [0.29, 0.717) is 12.2 Å². The predicted molar refractivity (Wildman–Crippen MR) is 47.9 cm³/mol. The first-order chi connectivity index (χ1) is 6.50. The largest absolute Gasteiger partial charge is 0.451 e. The van der Waals surface area contributed by atoms with Crippen LogP contribution in [0.1, 0.15) is 25.0 Å². The van der Waals surface area contributed by atoms with Crippen LogP contribution in [0.15, 0.2) is 0 Å². The highest BCUT2D eigenvalue weighted by Gasteiger charge is 2.37. The van der Waals surface area contributed by atoms with E-state index in [-0.39, 0.29) is 11.9 Å². The normalized spacial score (nSPS) is 12.1. The molecule has 0 atom stereocenters. The summed E-state index contributed by atoms with van der Waals surface area (Å²) in [5.74, 6) is -0.618. The van der Waals surface area contributed by atoms with Crippen LogP contribution in [0.4, 0.5) is 13.2 Å². The Hall–Kier alpha value is -0.590. The average Bonchev–Trinajstić information content (AvgIpc) is 2.47. The Bertz CT molecular complexity index is 308. The van der Waals surface area contributed by atoms with Crippen LogP contribution < -0.4 is 0 Å². The second-order valence-corrected chi connectivity index (χ2v) is 3.28. The highest BCUT2D eigenvalue weighted by Crippen LogP contribution is 2.28. The molecule has 0 saturated heterocycles. The number of hydrogen-bond acceptors (Lipinski definition) is 2. The van der Waals surface area contributed by atoms with E-state index in [1.807, 2.05) is 0 Å². The van der Waals surface area contributed by atoms with Crippen LogP contribution in [-0.2, 0) is 18.1 Å². The van der Waals surface area contributed by atoms with E-state index < -0.39 is 12.0 Å². The van der Waals surface area contributed by atoms with Crippen molar-refractivity contribution in [2.45, 2.75) is 31.4 Å². The van der Waals surface area contributed by atoms with Gasteiger partial charge in [-0.3, -0.25) is 0 Å². The summed E-state index contributed by atoms with van der Waals surface area (Å²) < 4.78 is 38.2. The first-order valence-corrected chi connectivity index (χ1v) is 5.18. The Labute approximate surface area is 87.4 Å². The molecule has 0 N–H and O–H groups in total. The fourth-order valence-corrected chi connectivity index (χ4v) is 1.52. The van der Waals surface area contributed by atoms with Crippen LogP contribution in [-0.4, -0.2) is 14.8 Å². The third kappa shape index (κ3) is 2.26. The molecule has 1 rings (SSSR count). The lowest BCUT2D eigenvalue weighted by Crippen LogP contribution is -2.16. The van der Waals surface area contributed by atoms with E-state index in [0.717, 1.165) is 4.57 Å². The number of hydrogen-bond donors (Lipinski definition) is 0. The Kier molecular flexibility index (Phi) is 3.52. The van der Waals surface area contributed by atoms with Gasteiger partial charge in [0.05, 0.1) is 5.33 Å². The molecule has 1 aromatic heterocycles. The molecule has 0 amide bonds. The van der Waals surface area contributed by atoms with Gasteiger partial charge in [0.25, 0.3) is 0 Å². The van der Waals surface area contributed by atoms with Crippen LogP contribution >= 0.6 is 15.9 Å². The fourth-order valence-electron chi connectivity index (χ4n) is 1.10. The molecule has 0 bridgehead atoms. The number of alkyl halides is 4. The molecule has 0 radical (unpaired) electrons.